The van der Waals surface area contributed by atoms with Crippen molar-refractivity contribution in [1.82, 2.24) is 9.88 Å². The lowest BCUT2D eigenvalue weighted by molar-refractivity contribution is 0.102. The highest BCUT2D eigenvalue weighted by Gasteiger charge is 2.23. The molecule has 0 radical (unpaired) electrons. The second-order valence-electron chi connectivity index (χ2n) is 10.8. The smallest absolute Gasteiger partial charge is 0.255 e. The van der Waals surface area contributed by atoms with Gasteiger partial charge in [0.1, 0.15) is 5.75 Å². The summed E-state index contributed by atoms with van der Waals surface area (Å²) < 4.78 is 5.86. The van der Waals surface area contributed by atoms with Crippen molar-refractivity contribution >= 4 is 34.3 Å². The molecule has 2 aromatic carbocycles. The Labute approximate surface area is 229 Å². The Hall–Kier alpha value is -3.40. The molecule has 3 aromatic rings. The van der Waals surface area contributed by atoms with Crippen LogP contribution in [0, 0.1) is 6.92 Å². The first-order valence-corrected chi connectivity index (χ1v) is 13.7. The number of benzene rings is 2. The fourth-order valence-electron chi connectivity index (χ4n) is 4.62. The summed E-state index contributed by atoms with van der Waals surface area (Å²) in [5.74, 6) is 6.80. The summed E-state index contributed by atoms with van der Waals surface area (Å²) in [4.78, 5) is 20.8. The Morgan fingerprint density at radius 3 is 2.61 bits per heavy atom. The molecule has 202 valence electrons. The number of ether oxygens (including phenoxy) is 1. The van der Waals surface area contributed by atoms with E-state index in [4.69, 9.17) is 16.3 Å². The van der Waals surface area contributed by atoms with Gasteiger partial charge in [0.2, 0.25) is 0 Å². The van der Waals surface area contributed by atoms with Crippen molar-refractivity contribution < 1.29 is 9.53 Å². The van der Waals surface area contributed by atoms with Gasteiger partial charge in [-0.3, -0.25) is 19.7 Å². The van der Waals surface area contributed by atoms with Gasteiger partial charge in [0.15, 0.2) is 0 Å². The number of methoxy groups -OCH3 is 1. The van der Waals surface area contributed by atoms with Crippen LogP contribution in [0.25, 0.3) is 5.70 Å². The largest absolute Gasteiger partial charge is 0.494 e. The monoisotopic (exact) mass is 534 g/mol. The van der Waals surface area contributed by atoms with Crippen molar-refractivity contribution in [2.75, 3.05) is 30.5 Å². The third kappa shape index (κ3) is 6.35. The van der Waals surface area contributed by atoms with Crippen molar-refractivity contribution in [2.24, 2.45) is 11.6 Å². The molecule has 0 atom stereocenters. The summed E-state index contributed by atoms with van der Waals surface area (Å²) in [6, 6.07) is 9.67. The number of hydrogen-bond acceptors (Lipinski definition) is 8. The number of anilines is 2. The molecular weight excluding hydrogens is 496 g/mol. The number of likely N-dealkylation sites (tertiary alicyclic amines) is 1. The van der Waals surface area contributed by atoms with Crippen LogP contribution in [0.4, 0.5) is 11.4 Å². The van der Waals surface area contributed by atoms with E-state index in [9.17, 15) is 4.79 Å². The minimum absolute atomic E-state index is 0.0903. The van der Waals surface area contributed by atoms with Crippen LogP contribution in [-0.2, 0) is 12.0 Å². The van der Waals surface area contributed by atoms with E-state index in [0.29, 0.717) is 28.4 Å². The molecule has 0 spiro atoms. The van der Waals surface area contributed by atoms with E-state index in [0.717, 1.165) is 41.2 Å². The van der Waals surface area contributed by atoms with E-state index < -0.39 is 0 Å². The summed E-state index contributed by atoms with van der Waals surface area (Å²) in [6.07, 6.45) is 5.75. The first-order valence-electron chi connectivity index (χ1n) is 12.8. The van der Waals surface area contributed by atoms with E-state index in [-0.39, 0.29) is 11.3 Å². The second-order valence-corrected chi connectivity index (χ2v) is 11.6. The van der Waals surface area contributed by atoms with Crippen LogP contribution in [0.1, 0.15) is 65.5 Å². The van der Waals surface area contributed by atoms with Crippen LogP contribution < -0.4 is 26.6 Å². The normalized spacial score (nSPS) is 14.5. The third-order valence-corrected chi connectivity index (χ3v) is 7.64. The molecule has 0 bridgehead atoms. The average molecular weight is 535 g/mol. The first-order chi connectivity index (χ1) is 18.1. The van der Waals surface area contributed by atoms with Gasteiger partial charge in [-0.05, 0) is 67.6 Å². The summed E-state index contributed by atoms with van der Waals surface area (Å²) in [5, 5.41) is 4.56. The molecule has 1 amide bonds. The molecule has 1 aliphatic rings. The number of thiazole rings is 1. The third-order valence-electron chi connectivity index (χ3n) is 6.82. The van der Waals surface area contributed by atoms with Gasteiger partial charge in [-0.15, -0.1) is 11.3 Å². The molecular formula is C29H38N6O2S. The quantitative estimate of drug-likeness (QED) is 0.268. The zero-order valence-electron chi connectivity index (χ0n) is 22.9. The molecule has 8 nitrogen and oxygen atoms in total. The number of carbonyl (C=O) groups is 1. The predicted molar refractivity (Wildman–Crippen MR) is 156 cm³/mol. The summed E-state index contributed by atoms with van der Waals surface area (Å²) in [7, 11) is 1.66. The fourth-order valence-corrected chi connectivity index (χ4v) is 5.17. The standard InChI is InChI=1S/C29H38N6O2S/c1-19-8-9-20(13-25(19)35(31)17-23(30)26-15-32-18-38-26)28(36)33-24-14-22(29(2,3)4)12-21(27(24)37-5)16-34-10-6-7-11-34/h8-9,12-15,17-18H,6-7,10-11,16,30-31H2,1-5H3,(H,33,36)/b23-17-. The maximum absolute atomic E-state index is 13.5. The van der Waals surface area contributed by atoms with Crippen molar-refractivity contribution in [3.63, 3.8) is 0 Å². The van der Waals surface area contributed by atoms with Gasteiger partial charge >= 0.3 is 0 Å². The van der Waals surface area contributed by atoms with Crippen LogP contribution in [0.3, 0.4) is 0 Å². The zero-order valence-corrected chi connectivity index (χ0v) is 23.7. The topological polar surface area (TPSA) is 110 Å². The van der Waals surface area contributed by atoms with E-state index in [1.165, 1.54) is 29.2 Å². The lowest BCUT2D eigenvalue weighted by atomic mass is 9.85. The van der Waals surface area contributed by atoms with Gasteiger partial charge in [-0.25, -0.2) is 5.84 Å². The highest BCUT2D eigenvalue weighted by molar-refractivity contribution is 7.10. The van der Waals surface area contributed by atoms with Gasteiger partial charge in [-0.2, -0.15) is 0 Å². The average Bonchev–Trinajstić information content (AvgIpc) is 3.58. The lowest BCUT2D eigenvalue weighted by Crippen LogP contribution is -2.27. The molecule has 9 heteroatoms. The number of nitrogens with one attached hydrogen (secondary N) is 1. The lowest BCUT2D eigenvalue weighted by Gasteiger charge is -2.25. The number of aromatic nitrogens is 1. The van der Waals surface area contributed by atoms with E-state index in [1.807, 2.05) is 19.1 Å². The predicted octanol–water partition coefficient (Wildman–Crippen LogP) is 5.24. The highest BCUT2D eigenvalue weighted by Crippen LogP contribution is 2.37. The van der Waals surface area contributed by atoms with Crippen LogP contribution >= 0.6 is 11.3 Å². The van der Waals surface area contributed by atoms with Gasteiger partial charge in [0, 0.05) is 30.1 Å². The van der Waals surface area contributed by atoms with E-state index in [1.54, 1.807) is 37.1 Å². The fraction of sp³-hybridized carbons (Fsp3) is 0.379. The highest BCUT2D eigenvalue weighted by atomic mass is 32.1. The molecule has 2 heterocycles. The number of rotatable bonds is 8. The van der Waals surface area contributed by atoms with Gasteiger partial charge in [-0.1, -0.05) is 32.9 Å². The zero-order chi connectivity index (χ0) is 27.4. The molecule has 0 aliphatic carbocycles. The summed E-state index contributed by atoms with van der Waals surface area (Å²) in [5.41, 5.74) is 13.3. The second kappa shape index (κ2) is 11.6. The molecule has 0 saturated carbocycles. The van der Waals surface area contributed by atoms with Crippen LogP contribution in [-0.4, -0.2) is 36.0 Å². The molecule has 4 rings (SSSR count). The molecule has 5 N–H and O–H groups in total. The van der Waals surface area contributed by atoms with Crippen molar-refractivity contribution in [2.45, 2.75) is 52.5 Å². The Kier molecular flexibility index (Phi) is 8.40. The number of hydrogen-bond donors (Lipinski definition) is 3. The Balaban J connectivity index is 1.64. The number of amides is 1. The van der Waals surface area contributed by atoms with Gasteiger partial charge in [0.05, 0.1) is 34.6 Å². The Bertz CT molecular complexity index is 1310. The van der Waals surface area contributed by atoms with Crippen LogP contribution in [0.15, 0.2) is 48.2 Å². The number of hydrazine groups is 1. The molecule has 1 aliphatic heterocycles. The van der Waals surface area contributed by atoms with Crippen molar-refractivity contribution in [1.29, 1.82) is 0 Å². The molecule has 0 unspecified atom stereocenters. The Morgan fingerprint density at radius 1 is 1.24 bits per heavy atom. The van der Waals surface area contributed by atoms with E-state index >= 15 is 0 Å². The summed E-state index contributed by atoms with van der Waals surface area (Å²) in [6.45, 7) is 11.4. The van der Waals surface area contributed by atoms with Crippen LogP contribution in [0.5, 0.6) is 5.75 Å². The molecule has 38 heavy (non-hydrogen) atoms. The maximum Gasteiger partial charge on any atom is 0.255 e. The molecule has 1 saturated heterocycles. The molecule has 1 fully saturated rings. The van der Waals surface area contributed by atoms with Crippen LogP contribution in [0.2, 0.25) is 0 Å². The van der Waals surface area contributed by atoms with Crippen molar-refractivity contribution in [3.05, 3.63) is 75.4 Å². The first kappa shape index (κ1) is 27.6. The van der Waals surface area contributed by atoms with Gasteiger partial charge < -0.3 is 15.8 Å². The SMILES string of the molecule is COc1c(CN2CCCC2)cc(C(C)(C)C)cc1NC(=O)c1ccc(C)c(N(N)/C=C(\N)c2cncs2)c1. The van der Waals surface area contributed by atoms with Gasteiger partial charge in [0.25, 0.3) is 5.91 Å². The number of nitrogens with two attached hydrogens (primary N) is 2. The molecule has 1 aromatic heterocycles. The number of carbonyl (C=O) groups excluding carboxylic acids is 1. The minimum atomic E-state index is -0.240. The number of nitrogens with zero attached hydrogens (tertiary/aromatic N) is 3. The maximum atomic E-state index is 13.5. The Morgan fingerprint density at radius 2 is 1.97 bits per heavy atom. The summed E-state index contributed by atoms with van der Waals surface area (Å²) >= 11 is 1.43. The minimum Gasteiger partial charge on any atom is -0.494 e. The van der Waals surface area contributed by atoms with E-state index in [2.05, 4.69) is 42.0 Å². The van der Waals surface area contributed by atoms with Crippen molar-refractivity contribution in [3.8, 4) is 5.75 Å². The number of aryl methyl sites for hydroxylation is 1.